The van der Waals surface area contributed by atoms with Crippen molar-refractivity contribution in [3.8, 4) is 11.4 Å². The summed E-state index contributed by atoms with van der Waals surface area (Å²) in [4.78, 5) is 20.0. The number of hydrogen-bond acceptors (Lipinski definition) is 3. The number of H-pyrrole nitrogens is 1. The minimum Gasteiger partial charge on any atom is -0.321 e. The first-order valence-corrected chi connectivity index (χ1v) is 9.61. The number of imidazole rings is 1. The first-order chi connectivity index (χ1) is 12.7. The Balaban J connectivity index is 1.60. The van der Waals surface area contributed by atoms with Gasteiger partial charge in [-0.2, -0.15) is 0 Å². The lowest BCUT2D eigenvalue weighted by Gasteiger charge is -2.24. The van der Waals surface area contributed by atoms with Crippen molar-refractivity contribution in [2.24, 2.45) is 5.92 Å². The molecule has 1 unspecified atom stereocenters. The number of benzene rings is 1. The summed E-state index contributed by atoms with van der Waals surface area (Å²) in [6.45, 7) is 3.12. The van der Waals surface area contributed by atoms with Gasteiger partial charge in [-0.1, -0.05) is 49.6 Å². The molecule has 0 radical (unpaired) electrons. The van der Waals surface area contributed by atoms with Gasteiger partial charge < -0.3 is 10.3 Å². The highest BCUT2D eigenvalue weighted by Gasteiger charge is 2.16. The third-order valence-electron chi connectivity index (χ3n) is 5.49. The predicted octanol–water partition coefficient (Wildman–Crippen LogP) is 3.92. The van der Waals surface area contributed by atoms with Crippen LogP contribution >= 0.6 is 0 Å². The zero-order valence-corrected chi connectivity index (χ0v) is 15.2. The van der Waals surface area contributed by atoms with Crippen LogP contribution in [0.3, 0.4) is 0 Å². The average molecular weight is 350 g/mol. The van der Waals surface area contributed by atoms with E-state index in [4.69, 9.17) is 0 Å². The van der Waals surface area contributed by atoms with E-state index in [9.17, 15) is 4.79 Å². The van der Waals surface area contributed by atoms with Crippen molar-refractivity contribution < 1.29 is 0 Å². The fourth-order valence-electron chi connectivity index (χ4n) is 3.89. The van der Waals surface area contributed by atoms with Crippen LogP contribution in [0, 0.1) is 5.92 Å². The fraction of sp³-hybridized carbons (Fsp3) is 0.429. The summed E-state index contributed by atoms with van der Waals surface area (Å²) in [7, 11) is 0. The summed E-state index contributed by atoms with van der Waals surface area (Å²) in [5, 5.41) is 3.61. The Bertz CT molecular complexity index is 922. The molecule has 0 spiro atoms. The molecule has 3 aromatic rings. The summed E-state index contributed by atoms with van der Waals surface area (Å²) in [6.07, 6.45) is 10.3. The zero-order chi connectivity index (χ0) is 17.9. The SMILES string of the molecule is CC(NCC1CCCCC1)c1cn2c(-c3ccccc3)ncc2c(=O)[nH]1. The van der Waals surface area contributed by atoms with Crippen LogP contribution in [0.25, 0.3) is 16.9 Å². The first-order valence-electron chi connectivity index (χ1n) is 9.61. The second-order valence-electron chi connectivity index (χ2n) is 7.38. The lowest BCUT2D eigenvalue weighted by atomic mass is 9.89. The monoisotopic (exact) mass is 350 g/mol. The minimum atomic E-state index is -0.0940. The van der Waals surface area contributed by atoms with Gasteiger partial charge in [0.15, 0.2) is 0 Å². The summed E-state index contributed by atoms with van der Waals surface area (Å²) < 4.78 is 1.91. The van der Waals surface area contributed by atoms with Crippen LogP contribution in [0.2, 0.25) is 0 Å². The zero-order valence-electron chi connectivity index (χ0n) is 15.2. The van der Waals surface area contributed by atoms with Crippen molar-refractivity contribution in [2.45, 2.75) is 45.1 Å². The molecule has 1 aliphatic rings. The summed E-state index contributed by atoms with van der Waals surface area (Å²) in [5.74, 6) is 1.56. The van der Waals surface area contributed by atoms with E-state index in [1.54, 1.807) is 6.20 Å². The van der Waals surface area contributed by atoms with E-state index in [-0.39, 0.29) is 11.6 Å². The molecule has 5 heteroatoms. The molecule has 1 aromatic carbocycles. The molecule has 1 fully saturated rings. The van der Waals surface area contributed by atoms with Crippen molar-refractivity contribution in [3.63, 3.8) is 0 Å². The first kappa shape index (κ1) is 17.0. The highest BCUT2D eigenvalue weighted by atomic mass is 16.1. The number of rotatable bonds is 5. The second-order valence-corrected chi connectivity index (χ2v) is 7.38. The number of aromatic amines is 1. The number of hydrogen-bond donors (Lipinski definition) is 2. The maximum Gasteiger partial charge on any atom is 0.274 e. The third kappa shape index (κ3) is 3.44. The van der Waals surface area contributed by atoms with Crippen LogP contribution in [0.4, 0.5) is 0 Å². The minimum absolute atomic E-state index is 0.0940. The Labute approximate surface area is 153 Å². The maximum atomic E-state index is 12.5. The molecule has 5 nitrogen and oxygen atoms in total. The molecule has 26 heavy (non-hydrogen) atoms. The van der Waals surface area contributed by atoms with Crippen LogP contribution < -0.4 is 10.9 Å². The van der Waals surface area contributed by atoms with Crippen LogP contribution in [0.15, 0.2) is 47.5 Å². The quantitative estimate of drug-likeness (QED) is 0.733. The average Bonchev–Trinajstić information content (AvgIpc) is 3.12. The molecule has 1 aliphatic carbocycles. The van der Waals surface area contributed by atoms with E-state index in [0.29, 0.717) is 5.52 Å². The Kier molecular flexibility index (Phi) is 4.89. The fourth-order valence-corrected chi connectivity index (χ4v) is 3.89. The van der Waals surface area contributed by atoms with Crippen molar-refractivity contribution in [3.05, 3.63) is 58.8 Å². The largest absolute Gasteiger partial charge is 0.321 e. The van der Waals surface area contributed by atoms with Gasteiger partial charge in [-0.3, -0.25) is 9.20 Å². The molecule has 2 aromatic heterocycles. The van der Waals surface area contributed by atoms with Gasteiger partial charge in [0.25, 0.3) is 5.56 Å². The maximum absolute atomic E-state index is 12.5. The predicted molar refractivity (Wildman–Crippen MR) is 104 cm³/mol. The number of nitrogens with one attached hydrogen (secondary N) is 2. The highest BCUT2D eigenvalue weighted by molar-refractivity contribution is 5.61. The van der Waals surface area contributed by atoms with Crippen LogP contribution in [0.5, 0.6) is 0 Å². The molecule has 4 rings (SSSR count). The summed E-state index contributed by atoms with van der Waals surface area (Å²) in [6, 6.07) is 10.1. The van der Waals surface area contributed by atoms with Crippen LogP contribution in [0.1, 0.15) is 50.8 Å². The molecule has 1 atom stereocenters. The van der Waals surface area contributed by atoms with Gasteiger partial charge in [-0.15, -0.1) is 0 Å². The molecule has 0 bridgehead atoms. The molecule has 1 saturated carbocycles. The van der Waals surface area contributed by atoms with Gasteiger partial charge in [0.05, 0.1) is 11.9 Å². The van der Waals surface area contributed by atoms with E-state index >= 15 is 0 Å². The lowest BCUT2D eigenvalue weighted by molar-refractivity contribution is 0.330. The van der Waals surface area contributed by atoms with Crippen molar-refractivity contribution in [1.29, 1.82) is 0 Å². The molecule has 136 valence electrons. The van der Waals surface area contributed by atoms with Gasteiger partial charge in [-0.05, 0) is 32.2 Å². The van der Waals surface area contributed by atoms with Crippen molar-refractivity contribution in [1.82, 2.24) is 19.7 Å². The Morgan fingerprint density at radius 1 is 1.23 bits per heavy atom. The van der Waals surface area contributed by atoms with E-state index in [2.05, 4.69) is 22.2 Å². The molecule has 2 N–H and O–H groups in total. The molecule has 0 amide bonds. The molecular formula is C21H26N4O. The van der Waals surface area contributed by atoms with Gasteiger partial charge >= 0.3 is 0 Å². The normalized spacial score (nSPS) is 16.8. The van der Waals surface area contributed by atoms with E-state index in [1.165, 1.54) is 32.1 Å². The molecular weight excluding hydrogens is 324 g/mol. The van der Waals surface area contributed by atoms with E-state index in [1.807, 2.05) is 40.9 Å². The Morgan fingerprint density at radius 2 is 2.00 bits per heavy atom. The topological polar surface area (TPSA) is 62.2 Å². The summed E-state index contributed by atoms with van der Waals surface area (Å²) >= 11 is 0. The summed E-state index contributed by atoms with van der Waals surface area (Å²) in [5.41, 5.74) is 2.39. The Morgan fingerprint density at radius 3 is 2.77 bits per heavy atom. The van der Waals surface area contributed by atoms with Crippen molar-refractivity contribution >= 4 is 5.52 Å². The van der Waals surface area contributed by atoms with E-state index in [0.717, 1.165) is 29.5 Å². The molecule has 2 heterocycles. The standard InChI is InChI=1S/C21H26N4O/c1-15(22-12-16-8-4-2-5-9-16)18-14-25-19(21(26)24-18)13-23-20(25)17-10-6-3-7-11-17/h3,6-7,10-11,13-16,22H,2,4-5,8-9,12H2,1H3,(H,24,26). The van der Waals surface area contributed by atoms with E-state index < -0.39 is 0 Å². The molecule has 0 aliphatic heterocycles. The smallest absolute Gasteiger partial charge is 0.274 e. The van der Waals surface area contributed by atoms with Gasteiger partial charge in [0, 0.05) is 17.8 Å². The number of nitrogens with zero attached hydrogens (tertiary/aromatic N) is 2. The van der Waals surface area contributed by atoms with Gasteiger partial charge in [0.2, 0.25) is 0 Å². The van der Waals surface area contributed by atoms with Gasteiger partial charge in [0.1, 0.15) is 11.3 Å². The Hall–Kier alpha value is -2.40. The number of fused-ring (bicyclic) bond motifs is 1. The second kappa shape index (κ2) is 7.46. The molecule has 0 saturated heterocycles. The van der Waals surface area contributed by atoms with Gasteiger partial charge in [-0.25, -0.2) is 4.98 Å². The number of aromatic nitrogens is 3. The van der Waals surface area contributed by atoms with Crippen LogP contribution in [-0.4, -0.2) is 20.9 Å². The highest BCUT2D eigenvalue weighted by Crippen LogP contribution is 2.24. The van der Waals surface area contributed by atoms with Crippen molar-refractivity contribution in [2.75, 3.05) is 6.54 Å². The third-order valence-corrected chi connectivity index (χ3v) is 5.49. The lowest BCUT2D eigenvalue weighted by Crippen LogP contribution is -2.29. The van der Waals surface area contributed by atoms with Crippen LogP contribution in [-0.2, 0) is 0 Å².